The lowest BCUT2D eigenvalue weighted by atomic mass is 10.2. The Labute approximate surface area is 166 Å². The zero-order valence-electron chi connectivity index (χ0n) is 14.9. The van der Waals surface area contributed by atoms with Crippen LogP contribution in [0.5, 0.6) is 0 Å². The maximum absolute atomic E-state index is 12.2. The number of thioether (sulfide) groups is 1. The normalized spacial score (nSPS) is 10.6. The predicted octanol–water partition coefficient (Wildman–Crippen LogP) is 4.06. The maximum Gasteiger partial charge on any atom is 0.236 e. The number of nitrogens with zero attached hydrogens (tertiary/aromatic N) is 4. The van der Waals surface area contributed by atoms with Gasteiger partial charge in [0.15, 0.2) is 5.82 Å². The monoisotopic (exact) mass is 387 g/mol. The third-order valence-corrected chi connectivity index (χ3v) is 4.72. The summed E-state index contributed by atoms with van der Waals surface area (Å²) in [4.78, 5) is 20.9. The molecule has 2 heterocycles. The summed E-state index contributed by atoms with van der Waals surface area (Å²) in [5, 5.41) is 7.91. The summed E-state index contributed by atoms with van der Waals surface area (Å²) in [7, 11) is 0. The fourth-order valence-corrected chi connectivity index (χ4v) is 3.25. The molecule has 2 aromatic heterocycles. The zero-order chi connectivity index (χ0) is 19.2. The van der Waals surface area contributed by atoms with E-state index in [1.165, 1.54) is 11.8 Å². The Hall–Kier alpha value is -3.45. The van der Waals surface area contributed by atoms with Crippen molar-refractivity contribution in [3.63, 3.8) is 0 Å². The van der Waals surface area contributed by atoms with Gasteiger partial charge in [0.1, 0.15) is 5.82 Å². The lowest BCUT2D eigenvalue weighted by Gasteiger charge is -2.05. The number of amides is 1. The van der Waals surface area contributed by atoms with Gasteiger partial charge in [0.2, 0.25) is 11.1 Å². The molecule has 0 aliphatic heterocycles. The molecule has 0 spiro atoms. The van der Waals surface area contributed by atoms with E-state index in [9.17, 15) is 4.79 Å². The maximum atomic E-state index is 12.2. The van der Waals surface area contributed by atoms with Gasteiger partial charge in [-0.25, -0.2) is 14.6 Å². The third kappa shape index (κ3) is 4.27. The molecule has 0 aliphatic rings. The quantitative estimate of drug-likeness (QED) is 0.505. The Kier molecular flexibility index (Phi) is 5.44. The SMILES string of the molecule is O=C(CSc1nc(-c2ccccc2)n(-c2ccccc2)n1)Nc1ccccn1. The van der Waals surface area contributed by atoms with Crippen molar-refractivity contribution in [1.29, 1.82) is 0 Å². The Morgan fingerprint density at radius 3 is 2.36 bits per heavy atom. The number of para-hydroxylation sites is 1. The highest BCUT2D eigenvalue weighted by atomic mass is 32.2. The molecule has 0 atom stereocenters. The van der Waals surface area contributed by atoms with Crippen molar-refractivity contribution in [3.05, 3.63) is 85.1 Å². The first-order chi connectivity index (χ1) is 13.8. The number of hydrogen-bond acceptors (Lipinski definition) is 5. The van der Waals surface area contributed by atoms with E-state index >= 15 is 0 Å². The molecule has 0 radical (unpaired) electrons. The molecule has 0 unspecified atom stereocenters. The molecule has 0 aliphatic carbocycles. The van der Waals surface area contributed by atoms with E-state index in [2.05, 4.69) is 20.4 Å². The minimum absolute atomic E-state index is 0.152. The van der Waals surface area contributed by atoms with Crippen LogP contribution in [0, 0.1) is 0 Å². The van der Waals surface area contributed by atoms with E-state index in [0.29, 0.717) is 11.0 Å². The topological polar surface area (TPSA) is 72.7 Å². The minimum atomic E-state index is -0.152. The van der Waals surface area contributed by atoms with Gasteiger partial charge in [-0.1, -0.05) is 66.4 Å². The zero-order valence-corrected chi connectivity index (χ0v) is 15.7. The number of hydrogen-bond donors (Lipinski definition) is 1. The van der Waals surface area contributed by atoms with Gasteiger partial charge in [0.25, 0.3) is 0 Å². The number of nitrogens with one attached hydrogen (secondary N) is 1. The van der Waals surface area contributed by atoms with E-state index in [0.717, 1.165) is 17.1 Å². The molecule has 4 rings (SSSR count). The second-order valence-corrected chi connectivity index (χ2v) is 6.83. The molecule has 0 bridgehead atoms. The summed E-state index contributed by atoms with van der Waals surface area (Å²) in [6.45, 7) is 0. The summed E-state index contributed by atoms with van der Waals surface area (Å²) in [5.74, 6) is 1.31. The standard InChI is InChI=1S/C21H17N5OS/c27-19(23-18-13-7-8-14-22-18)15-28-21-24-20(16-9-3-1-4-10-16)26(25-21)17-11-5-2-6-12-17/h1-14H,15H2,(H,22,23,27). The second kappa shape index (κ2) is 8.49. The van der Waals surface area contributed by atoms with Crippen LogP contribution in [0.4, 0.5) is 5.82 Å². The average molecular weight is 387 g/mol. The molecule has 1 N–H and O–H groups in total. The Morgan fingerprint density at radius 2 is 1.64 bits per heavy atom. The van der Waals surface area contributed by atoms with Crippen LogP contribution < -0.4 is 5.32 Å². The minimum Gasteiger partial charge on any atom is -0.310 e. The molecule has 1 amide bonds. The highest BCUT2D eigenvalue weighted by molar-refractivity contribution is 7.99. The van der Waals surface area contributed by atoms with Crippen LogP contribution >= 0.6 is 11.8 Å². The first-order valence-corrected chi connectivity index (χ1v) is 9.70. The lowest BCUT2D eigenvalue weighted by Crippen LogP contribution is -2.14. The van der Waals surface area contributed by atoms with Gasteiger partial charge in [0.05, 0.1) is 11.4 Å². The van der Waals surface area contributed by atoms with E-state index in [4.69, 9.17) is 0 Å². The van der Waals surface area contributed by atoms with E-state index in [1.54, 1.807) is 23.0 Å². The van der Waals surface area contributed by atoms with Crippen LogP contribution in [-0.4, -0.2) is 31.4 Å². The lowest BCUT2D eigenvalue weighted by molar-refractivity contribution is -0.113. The van der Waals surface area contributed by atoms with E-state index < -0.39 is 0 Å². The molecule has 0 saturated heterocycles. The molecule has 138 valence electrons. The van der Waals surface area contributed by atoms with Gasteiger partial charge in [-0.3, -0.25) is 4.79 Å². The average Bonchev–Trinajstić information content (AvgIpc) is 3.19. The molecular weight excluding hydrogens is 370 g/mol. The van der Waals surface area contributed by atoms with Crippen LogP contribution in [0.3, 0.4) is 0 Å². The van der Waals surface area contributed by atoms with E-state index in [-0.39, 0.29) is 11.7 Å². The van der Waals surface area contributed by atoms with Crippen LogP contribution in [0.25, 0.3) is 17.1 Å². The van der Waals surface area contributed by atoms with Gasteiger partial charge in [-0.15, -0.1) is 5.10 Å². The van der Waals surface area contributed by atoms with Gasteiger partial charge < -0.3 is 5.32 Å². The summed E-state index contributed by atoms with van der Waals surface area (Å²) < 4.78 is 1.80. The Bertz CT molecular complexity index is 995. The van der Waals surface area contributed by atoms with Gasteiger partial charge >= 0.3 is 0 Å². The van der Waals surface area contributed by atoms with Crippen molar-refractivity contribution in [2.45, 2.75) is 5.16 Å². The fourth-order valence-electron chi connectivity index (χ4n) is 2.62. The molecule has 7 heteroatoms. The first-order valence-electron chi connectivity index (χ1n) is 8.71. The van der Waals surface area contributed by atoms with Crippen molar-refractivity contribution in [3.8, 4) is 17.1 Å². The molecule has 4 aromatic rings. The summed E-state index contributed by atoms with van der Waals surface area (Å²) in [5.41, 5.74) is 1.88. The van der Waals surface area contributed by atoms with Crippen LogP contribution in [0.2, 0.25) is 0 Å². The number of pyridine rings is 1. The van der Waals surface area contributed by atoms with Crippen LogP contribution in [0.15, 0.2) is 90.2 Å². The summed E-state index contributed by atoms with van der Waals surface area (Å²) in [6, 6.07) is 25.1. The summed E-state index contributed by atoms with van der Waals surface area (Å²) in [6.07, 6.45) is 1.64. The number of benzene rings is 2. The second-order valence-electron chi connectivity index (χ2n) is 5.88. The number of anilines is 1. The van der Waals surface area contributed by atoms with Crippen molar-refractivity contribution in [1.82, 2.24) is 19.7 Å². The van der Waals surface area contributed by atoms with Gasteiger partial charge in [-0.2, -0.15) is 0 Å². The summed E-state index contributed by atoms with van der Waals surface area (Å²) >= 11 is 1.29. The predicted molar refractivity (Wildman–Crippen MR) is 110 cm³/mol. The first kappa shape index (κ1) is 17.9. The Balaban J connectivity index is 1.55. The number of aromatic nitrogens is 4. The molecule has 2 aromatic carbocycles. The van der Waals surface area contributed by atoms with Gasteiger partial charge in [-0.05, 0) is 24.3 Å². The number of rotatable bonds is 6. The third-order valence-electron chi connectivity index (χ3n) is 3.89. The molecular formula is C21H17N5OS. The molecule has 0 saturated carbocycles. The molecule has 0 fully saturated rings. The van der Waals surface area contributed by atoms with Crippen molar-refractivity contribution >= 4 is 23.5 Å². The smallest absolute Gasteiger partial charge is 0.236 e. The Morgan fingerprint density at radius 1 is 0.929 bits per heavy atom. The number of carbonyl (C=O) groups excluding carboxylic acids is 1. The van der Waals surface area contributed by atoms with Gasteiger partial charge in [0, 0.05) is 11.8 Å². The van der Waals surface area contributed by atoms with E-state index in [1.807, 2.05) is 66.7 Å². The largest absolute Gasteiger partial charge is 0.310 e. The highest BCUT2D eigenvalue weighted by Gasteiger charge is 2.15. The molecule has 6 nitrogen and oxygen atoms in total. The van der Waals surface area contributed by atoms with Crippen molar-refractivity contribution in [2.24, 2.45) is 0 Å². The molecule has 28 heavy (non-hydrogen) atoms. The number of carbonyl (C=O) groups is 1. The van der Waals surface area contributed by atoms with Crippen molar-refractivity contribution < 1.29 is 4.79 Å². The highest BCUT2D eigenvalue weighted by Crippen LogP contribution is 2.24. The fraction of sp³-hybridized carbons (Fsp3) is 0.0476. The van der Waals surface area contributed by atoms with Crippen molar-refractivity contribution in [2.75, 3.05) is 11.1 Å². The van der Waals surface area contributed by atoms with Crippen LogP contribution in [-0.2, 0) is 4.79 Å². The van der Waals surface area contributed by atoms with Crippen LogP contribution in [0.1, 0.15) is 0 Å².